The molecule has 7 heteroatoms. The summed E-state index contributed by atoms with van der Waals surface area (Å²) < 4.78 is 0. The number of halogens is 1. The molecule has 5 nitrogen and oxygen atoms in total. The molecule has 2 heterocycles. The van der Waals surface area contributed by atoms with E-state index in [9.17, 15) is 4.79 Å². The molecule has 1 aliphatic heterocycles. The lowest BCUT2D eigenvalue weighted by Crippen LogP contribution is -2.39. The van der Waals surface area contributed by atoms with Gasteiger partial charge in [-0.15, -0.1) is 12.4 Å². The monoisotopic (exact) mass is 312 g/mol. The van der Waals surface area contributed by atoms with Crippen molar-refractivity contribution < 1.29 is 4.79 Å². The Balaban J connectivity index is 0.00000147. The molecule has 0 spiro atoms. The smallest absolute Gasteiger partial charge is 0.225 e. The van der Waals surface area contributed by atoms with Crippen LogP contribution in [-0.4, -0.2) is 40.2 Å². The van der Waals surface area contributed by atoms with E-state index in [1.54, 1.807) is 6.20 Å². The Hall–Kier alpha value is -1.24. The third-order valence-electron chi connectivity index (χ3n) is 3.15. The number of rotatable bonds is 3. The third-order valence-corrected chi connectivity index (χ3v) is 4.29. The zero-order chi connectivity index (χ0) is 13.1. The normalized spacial score (nSPS) is 18.5. The highest BCUT2D eigenvalue weighted by molar-refractivity contribution is 7.99. The molecular formula is C13H17ClN4OS. The molecular weight excluding hydrogens is 296 g/mol. The summed E-state index contributed by atoms with van der Waals surface area (Å²) in [4.78, 5) is 12.0. The van der Waals surface area contributed by atoms with Gasteiger partial charge in [0.15, 0.2) is 0 Å². The third kappa shape index (κ3) is 3.65. The van der Waals surface area contributed by atoms with E-state index in [4.69, 9.17) is 0 Å². The van der Waals surface area contributed by atoms with Crippen molar-refractivity contribution in [3.05, 3.63) is 24.4 Å². The molecule has 108 valence electrons. The number of anilines is 1. The zero-order valence-corrected chi connectivity index (χ0v) is 12.5. The number of aromatic amines is 1. The molecule has 3 N–H and O–H groups in total. The van der Waals surface area contributed by atoms with Crippen LogP contribution in [0.15, 0.2) is 24.4 Å². The Morgan fingerprint density at radius 2 is 2.40 bits per heavy atom. The Labute approximate surface area is 127 Å². The molecule has 1 saturated heterocycles. The number of nitrogens with zero attached hydrogens (tertiary/aromatic N) is 1. The van der Waals surface area contributed by atoms with E-state index in [1.807, 2.05) is 30.0 Å². The summed E-state index contributed by atoms with van der Waals surface area (Å²) in [5.74, 6) is 2.20. The highest BCUT2D eigenvalue weighted by Gasteiger charge is 2.16. The number of carbonyl (C=O) groups excluding carboxylic acids is 1. The van der Waals surface area contributed by atoms with Crippen LogP contribution in [0.1, 0.15) is 6.42 Å². The lowest BCUT2D eigenvalue weighted by Gasteiger charge is -2.22. The predicted octanol–water partition coefficient (Wildman–Crippen LogP) is 2.02. The fraction of sp³-hybridized carbons (Fsp3) is 0.385. The van der Waals surface area contributed by atoms with Gasteiger partial charge in [-0.25, -0.2) is 0 Å². The van der Waals surface area contributed by atoms with Crippen LogP contribution in [0.3, 0.4) is 0 Å². The molecule has 0 bridgehead atoms. The van der Waals surface area contributed by atoms with Gasteiger partial charge in [0.05, 0.1) is 11.7 Å². The van der Waals surface area contributed by atoms with Crippen LogP contribution in [0.5, 0.6) is 0 Å². The maximum atomic E-state index is 12.0. The van der Waals surface area contributed by atoms with Gasteiger partial charge in [-0.1, -0.05) is 0 Å². The SMILES string of the molecule is Cl.O=C(CC1CSCCN1)Nc1ccc2[nH]ncc2c1. The van der Waals surface area contributed by atoms with E-state index < -0.39 is 0 Å². The summed E-state index contributed by atoms with van der Waals surface area (Å²) in [6, 6.07) is 6.03. The molecule has 1 aromatic heterocycles. The Morgan fingerprint density at radius 3 is 3.20 bits per heavy atom. The van der Waals surface area contributed by atoms with E-state index in [1.165, 1.54) is 0 Å². The predicted molar refractivity (Wildman–Crippen MR) is 85.7 cm³/mol. The number of thioether (sulfide) groups is 1. The quantitative estimate of drug-likeness (QED) is 0.811. The van der Waals surface area contributed by atoms with E-state index in [2.05, 4.69) is 20.8 Å². The van der Waals surface area contributed by atoms with Crippen molar-refractivity contribution in [2.24, 2.45) is 0 Å². The minimum atomic E-state index is 0. The van der Waals surface area contributed by atoms with Gasteiger partial charge in [0, 0.05) is 41.6 Å². The minimum absolute atomic E-state index is 0. The Bertz CT molecular complexity index is 583. The number of hydrogen-bond donors (Lipinski definition) is 3. The second-order valence-corrected chi connectivity index (χ2v) is 5.80. The van der Waals surface area contributed by atoms with Gasteiger partial charge in [0.1, 0.15) is 0 Å². The first kappa shape index (κ1) is 15.2. The average Bonchev–Trinajstić information content (AvgIpc) is 2.87. The second-order valence-electron chi connectivity index (χ2n) is 4.65. The van der Waals surface area contributed by atoms with Crippen molar-refractivity contribution in [3.8, 4) is 0 Å². The molecule has 3 rings (SSSR count). The number of nitrogens with one attached hydrogen (secondary N) is 3. The van der Waals surface area contributed by atoms with Crippen molar-refractivity contribution in [3.63, 3.8) is 0 Å². The van der Waals surface area contributed by atoms with Gasteiger partial charge >= 0.3 is 0 Å². The van der Waals surface area contributed by atoms with Crippen molar-refractivity contribution in [1.29, 1.82) is 0 Å². The van der Waals surface area contributed by atoms with Gasteiger partial charge in [0.25, 0.3) is 0 Å². The molecule has 0 saturated carbocycles. The molecule has 2 aromatic rings. The standard InChI is InChI=1S/C13H16N4OS.ClH/c18-13(6-11-8-19-4-3-14-11)16-10-1-2-12-9(5-10)7-15-17-12;/h1-2,5,7,11,14H,3-4,6,8H2,(H,15,17)(H,16,18);1H. The van der Waals surface area contributed by atoms with Crippen LogP contribution < -0.4 is 10.6 Å². The summed E-state index contributed by atoms with van der Waals surface area (Å²) in [6.45, 7) is 0.990. The first-order chi connectivity index (χ1) is 9.31. The lowest BCUT2D eigenvalue weighted by molar-refractivity contribution is -0.116. The summed E-state index contributed by atoms with van der Waals surface area (Å²) in [6.07, 6.45) is 2.28. The fourth-order valence-electron chi connectivity index (χ4n) is 2.21. The van der Waals surface area contributed by atoms with E-state index in [0.717, 1.165) is 34.6 Å². The Kier molecular flexibility index (Phi) is 5.28. The van der Waals surface area contributed by atoms with Crippen LogP contribution in [0, 0.1) is 0 Å². The van der Waals surface area contributed by atoms with E-state index in [0.29, 0.717) is 6.42 Å². The molecule has 0 aliphatic carbocycles. The van der Waals surface area contributed by atoms with Crippen LogP contribution in [0.25, 0.3) is 10.9 Å². The number of H-pyrrole nitrogens is 1. The molecule has 0 radical (unpaired) electrons. The van der Waals surface area contributed by atoms with Gasteiger partial charge in [-0.3, -0.25) is 9.89 Å². The van der Waals surface area contributed by atoms with Crippen LogP contribution in [0.4, 0.5) is 5.69 Å². The molecule has 1 fully saturated rings. The number of carbonyl (C=O) groups is 1. The largest absolute Gasteiger partial charge is 0.326 e. The molecule has 1 aromatic carbocycles. The topological polar surface area (TPSA) is 69.8 Å². The van der Waals surface area contributed by atoms with Gasteiger partial charge in [-0.05, 0) is 18.2 Å². The molecule has 1 atom stereocenters. The van der Waals surface area contributed by atoms with E-state index >= 15 is 0 Å². The molecule has 1 aliphatic rings. The summed E-state index contributed by atoms with van der Waals surface area (Å²) in [5.41, 5.74) is 1.80. The number of aromatic nitrogens is 2. The Morgan fingerprint density at radius 1 is 1.50 bits per heavy atom. The first-order valence-corrected chi connectivity index (χ1v) is 7.51. The zero-order valence-electron chi connectivity index (χ0n) is 10.9. The molecule has 1 unspecified atom stereocenters. The van der Waals surface area contributed by atoms with Crippen molar-refractivity contribution in [2.45, 2.75) is 12.5 Å². The summed E-state index contributed by atoms with van der Waals surface area (Å²) >= 11 is 1.90. The molecule has 20 heavy (non-hydrogen) atoms. The lowest BCUT2D eigenvalue weighted by atomic mass is 10.2. The van der Waals surface area contributed by atoms with Crippen molar-refractivity contribution in [1.82, 2.24) is 15.5 Å². The number of hydrogen-bond acceptors (Lipinski definition) is 4. The van der Waals surface area contributed by atoms with Crippen LogP contribution in [-0.2, 0) is 4.79 Å². The van der Waals surface area contributed by atoms with Gasteiger partial charge in [0.2, 0.25) is 5.91 Å². The summed E-state index contributed by atoms with van der Waals surface area (Å²) in [5, 5.41) is 14.2. The second kappa shape index (κ2) is 6.97. The van der Waals surface area contributed by atoms with E-state index in [-0.39, 0.29) is 24.4 Å². The maximum Gasteiger partial charge on any atom is 0.225 e. The fourth-order valence-corrected chi connectivity index (χ4v) is 3.16. The minimum Gasteiger partial charge on any atom is -0.326 e. The number of amides is 1. The molecule has 1 amide bonds. The van der Waals surface area contributed by atoms with Crippen LogP contribution in [0.2, 0.25) is 0 Å². The highest BCUT2D eigenvalue weighted by Crippen LogP contribution is 2.17. The van der Waals surface area contributed by atoms with Crippen molar-refractivity contribution >= 4 is 46.7 Å². The van der Waals surface area contributed by atoms with Crippen molar-refractivity contribution in [2.75, 3.05) is 23.4 Å². The van der Waals surface area contributed by atoms with Gasteiger partial charge in [-0.2, -0.15) is 16.9 Å². The van der Waals surface area contributed by atoms with Gasteiger partial charge < -0.3 is 10.6 Å². The first-order valence-electron chi connectivity index (χ1n) is 6.35. The number of benzene rings is 1. The average molecular weight is 313 g/mol. The van der Waals surface area contributed by atoms with Crippen LogP contribution >= 0.6 is 24.2 Å². The summed E-state index contributed by atoms with van der Waals surface area (Å²) in [7, 11) is 0. The number of fused-ring (bicyclic) bond motifs is 1. The highest BCUT2D eigenvalue weighted by atomic mass is 35.5. The maximum absolute atomic E-state index is 12.0.